The molecule has 0 heterocycles. The summed E-state index contributed by atoms with van der Waals surface area (Å²) in [5.41, 5.74) is 0. The molecule has 0 saturated carbocycles. The van der Waals surface area contributed by atoms with Crippen LogP contribution in [0.2, 0.25) is 0 Å². The van der Waals surface area contributed by atoms with Crippen molar-refractivity contribution in [1.29, 1.82) is 0 Å². The maximum absolute atomic E-state index is 9.91. The van der Waals surface area contributed by atoms with E-state index in [0.717, 1.165) is 12.2 Å². The summed E-state index contributed by atoms with van der Waals surface area (Å²) in [6.45, 7) is 4.25. The number of carbonyl (C=O) groups is 1. The van der Waals surface area contributed by atoms with E-state index < -0.39 is 5.97 Å². The molecule has 0 radical (unpaired) electrons. The molecule has 2 nitrogen and oxygen atoms in total. The second-order valence-electron chi connectivity index (χ2n) is 2.61. The molecule has 0 saturated heterocycles. The van der Waals surface area contributed by atoms with Gasteiger partial charge in [-0.15, -0.1) is 0 Å². The number of rotatable bonds is 5. The van der Waals surface area contributed by atoms with E-state index in [0.29, 0.717) is 5.92 Å². The van der Waals surface area contributed by atoms with Crippen LogP contribution in [0.3, 0.4) is 0 Å². The second kappa shape index (κ2) is 5.59. The van der Waals surface area contributed by atoms with Crippen LogP contribution >= 0.6 is 11.8 Å². The van der Waals surface area contributed by atoms with Crippen molar-refractivity contribution in [2.45, 2.75) is 20.3 Å². The molecule has 0 unspecified atom stereocenters. The highest BCUT2D eigenvalue weighted by atomic mass is 32.2. The molecule has 0 aliphatic rings. The van der Waals surface area contributed by atoms with Crippen molar-refractivity contribution in [2.75, 3.05) is 11.5 Å². The van der Waals surface area contributed by atoms with Crippen LogP contribution in [0, 0.1) is 5.92 Å². The van der Waals surface area contributed by atoms with Gasteiger partial charge in [-0.05, 0) is 18.1 Å². The van der Waals surface area contributed by atoms with E-state index in [4.69, 9.17) is 0 Å². The van der Waals surface area contributed by atoms with Gasteiger partial charge in [0.2, 0.25) is 0 Å². The molecule has 0 amide bonds. The zero-order valence-electron chi connectivity index (χ0n) is 6.42. The molecule has 3 heteroatoms. The lowest BCUT2D eigenvalue weighted by Gasteiger charge is -2.03. The summed E-state index contributed by atoms with van der Waals surface area (Å²) in [6.07, 6.45) is 1.08. The number of carbonyl (C=O) groups excluding carboxylic acids is 1. The van der Waals surface area contributed by atoms with E-state index >= 15 is 0 Å². The molecular weight excluding hydrogens is 148 g/mol. The van der Waals surface area contributed by atoms with Gasteiger partial charge in [-0.3, -0.25) is 0 Å². The van der Waals surface area contributed by atoms with Crippen LogP contribution in [-0.4, -0.2) is 17.5 Å². The molecule has 0 aliphatic heterocycles. The van der Waals surface area contributed by atoms with E-state index in [-0.39, 0.29) is 5.75 Å². The largest absolute Gasteiger partial charge is 0.549 e. The Bertz CT molecular complexity index is 102. The molecule has 0 fully saturated rings. The Kier molecular flexibility index (Phi) is 5.49. The quantitative estimate of drug-likeness (QED) is 0.552. The maximum Gasteiger partial charge on any atom is 0.0513 e. The lowest BCUT2D eigenvalue weighted by atomic mass is 10.2. The number of carboxylic acids is 1. The lowest BCUT2D eigenvalue weighted by Crippen LogP contribution is -2.24. The van der Waals surface area contributed by atoms with Crippen LogP contribution in [-0.2, 0) is 4.79 Å². The SMILES string of the molecule is CC(C)CCSCC(=O)[O-]. The number of thioether (sulfide) groups is 1. The normalized spacial score (nSPS) is 10.3. The Morgan fingerprint density at radius 3 is 2.60 bits per heavy atom. The molecule has 0 rings (SSSR count). The Labute approximate surface area is 66.0 Å². The summed E-state index contributed by atoms with van der Waals surface area (Å²) < 4.78 is 0. The molecule has 0 spiro atoms. The predicted octanol–water partition coefficient (Wildman–Crippen LogP) is 0.516. The molecule has 0 bridgehead atoms. The first-order chi connectivity index (χ1) is 4.63. The van der Waals surface area contributed by atoms with Gasteiger partial charge in [-0.25, -0.2) is 0 Å². The third kappa shape index (κ3) is 7.82. The zero-order valence-corrected chi connectivity index (χ0v) is 7.24. The molecular formula is C7H13O2S-. The molecule has 0 aliphatic carbocycles. The molecule has 0 N–H and O–H groups in total. The molecule has 0 aromatic heterocycles. The Hall–Kier alpha value is -0.180. The molecule has 10 heavy (non-hydrogen) atoms. The molecule has 60 valence electrons. The summed E-state index contributed by atoms with van der Waals surface area (Å²) >= 11 is 1.43. The first-order valence-electron chi connectivity index (χ1n) is 3.40. The average Bonchev–Trinajstić information content (AvgIpc) is 1.79. The van der Waals surface area contributed by atoms with Crippen molar-refractivity contribution in [3.63, 3.8) is 0 Å². The maximum atomic E-state index is 9.91. The summed E-state index contributed by atoms with van der Waals surface area (Å²) in [5, 5.41) is 9.91. The summed E-state index contributed by atoms with van der Waals surface area (Å²) in [4.78, 5) is 9.91. The van der Waals surface area contributed by atoms with Crippen LogP contribution in [0.4, 0.5) is 0 Å². The smallest absolute Gasteiger partial charge is 0.0513 e. The Morgan fingerprint density at radius 1 is 1.60 bits per heavy atom. The fraction of sp³-hybridized carbons (Fsp3) is 0.857. The second-order valence-corrected chi connectivity index (χ2v) is 3.71. The fourth-order valence-corrected chi connectivity index (χ4v) is 1.42. The van der Waals surface area contributed by atoms with Gasteiger partial charge in [0.25, 0.3) is 0 Å². The highest BCUT2D eigenvalue weighted by Gasteiger charge is 1.93. The average molecular weight is 161 g/mol. The van der Waals surface area contributed by atoms with Crippen LogP contribution < -0.4 is 5.11 Å². The minimum atomic E-state index is -0.964. The summed E-state index contributed by atoms with van der Waals surface area (Å²) in [6, 6.07) is 0. The molecule has 0 aromatic rings. The van der Waals surface area contributed by atoms with Gasteiger partial charge < -0.3 is 9.90 Å². The van der Waals surface area contributed by atoms with Crippen molar-refractivity contribution >= 4 is 17.7 Å². The highest BCUT2D eigenvalue weighted by molar-refractivity contribution is 7.99. The van der Waals surface area contributed by atoms with Gasteiger partial charge in [0.15, 0.2) is 0 Å². The number of hydrogen-bond donors (Lipinski definition) is 0. The van der Waals surface area contributed by atoms with E-state index in [1.54, 1.807) is 0 Å². The van der Waals surface area contributed by atoms with Crippen LogP contribution in [0.5, 0.6) is 0 Å². The van der Waals surface area contributed by atoms with Crippen molar-refractivity contribution in [1.82, 2.24) is 0 Å². The first kappa shape index (κ1) is 9.82. The standard InChI is InChI=1S/C7H14O2S/c1-6(2)3-4-10-5-7(8)9/h6H,3-5H2,1-2H3,(H,8,9)/p-1. The monoisotopic (exact) mass is 161 g/mol. The van der Waals surface area contributed by atoms with Gasteiger partial charge in [0, 0.05) is 5.75 Å². The van der Waals surface area contributed by atoms with Crippen molar-refractivity contribution in [3.05, 3.63) is 0 Å². The van der Waals surface area contributed by atoms with Crippen LogP contribution in [0.1, 0.15) is 20.3 Å². The summed E-state index contributed by atoms with van der Waals surface area (Å²) in [5.74, 6) is 0.751. The van der Waals surface area contributed by atoms with Crippen LogP contribution in [0.25, 0.3) is 0 Å². The molecule has 0 atom stereocenters. The number of carboxylic acid groups (broad SMARTS) is 1. The van der Waals surface area contributed by atoms with Gasteiger partial charge in [0.1, 0.15) is 0 Å². The van der Waals surface area contributed by atoms with Gasteiger partial charge >= 0.3 is 0 Å². The van der Waals surface area contributed by atoms with Crippen molar-refractivity contribution in [2.24, 2.45) is 5.92 Å². The minimum absolute atomic E-state index is 0.132. The minimum Gasteiger partial charge on any atom is -0.549 e. The van der Waals surface area contributed by atoms with Gasteiger partial charge in [-0.1, -0.05) is 13.8 Å². The highest BCUT2D eigenvalue weighted by Crippen LogP contribution is 2.07. The third-order valence-electron chi connectivity index (χ3n) is 1.06. The van der Waals surface area contributed by atoms with Crippen LogP contribution in [0.15, 0.2) is 0 Å². The Morgan fingerprint density at radius 2 is 2.20 bits per heavy atom. The summed E-state index contributed by atoms with van der Waals surface area (Å²) in [7, 11) is 0. The fourth-order valence-electron chi connectivity index (χ4n) is 0.475. The van der Waals surface area contributed by atoms with Gasteiger partial charge in [-0.2, -0.15) is 11.8 Å². The predicted molar refractivity (Wildman–Crippen MR) is 41.8 cm³/mol. The van der Waals surface area contributed by atoms with Gasteiger partial charge in [0.05, 0.1) is 5.97 Å². The number of aliphatic carboxylic acids is 1. The van der Waals surface area contributed by atoms with Crippen molar-refractivity contribution < 1.29 is 9.90 Å². The van der Waals surface area contributed by atoms with Crippen molar-refractivity contribution in [3.8, 4) is 0 Å². The van der Waals surface area contributed by atoms with E-state index in [2.05, 4.69) is 13.8 Å². The molecule has 0 aromatic carbocycles. The first-order valence-corrected chi connectivity index (χ1v) is 4.56. The topological polar surface area (TPSA) is 40.1 Å². The van der Waals surface area contributed by atoms with E-state index in [1.807, 2.05) is 0 Å². The Balaban J connectivity index is 2.98. The van der Waals surface area contributed by atoms with E-state index in [9.17, 15) is 9.90 Å². The van der Waals surface area contributed by atoms with E-state index in [1.165, 1.54) is 11.8 Å². The lowest BCUT2D eigenvalue weighted by molar-refractivity contribution is -0.301. The third-order valence-corrected chi connectivity index (χ3v) is 2.02. The zero-order chi connectivity index (χ0) is 7.98. The number of hydrogen-bond acceptors (Lipinski definition) is 3.